The molecule has 2 aromatic rings. The predicted octanol–water partition coefficient (Wildman–Crippen LogP) is 1.75. The molecule has 0 bridgehead atoms. The fourth-order valence-corrected chi connectivity index (χ4v) is 1.75. The molecule has 0 saturated carbocycles. The van der Waals surface area contributed by atoms with E-state index in [1.165, 1.54) is 11.5 Å². The molecular weight excluding hydrogens is 198 g/mol. The van der Waals surface area contributed by atoms with Crippen molar-refractivity contribution in [2.45, 2.75) is 19.9 Å². The first-order chi connectivity index (χ1) is 6.75. The van der Waals surface area contributed by atoms with Crippen LogP contribution in [0.25, 0.3) is 11.4 Å². The van der Waals surface area contributed by atoms with Crippen LogP contribution in [0.15, 0.2) is 12.4 Å². The highest BCUT2D eigenvalue weighted by Gasteiger charge is 2.07. The molecule has 0 unspecified atom stereocenters. The number of aromatic amines is 1. The molecule has 0 spiro atoms. The van der Waals surface area contributed by atoms with Gasteiger partial charge < -0.3 is 5.32 Å². The molecule has 2 N–H and O–H groups in total. The Balaban J connectivity index is 2.18. The first-order valence-corrected chi connectivity index (χ1v) is 5.12. The zero-order valence-electron chi connectivity index (χ0n) is 7.98. The Hall–Kier alpha value is -1.43. The maximum absolute atomic E-state index is 4.33. The molecule has 2 aromatic heterocycles. The van der Waals surface area contributed by atoms with Gasteiger partial charge in [0.1, 0.15) is 0 Å². The summed E-state index contributed by atoms with van der Waals surface area (Å²) in [5, 5.41) is 10.6. The summed E-state index contributed by atoms with van der Waals surface area (Å²) < 4.78 is 4.22. The Morgan fingerprint density at radius 3 is 3.00 bits per heavy atom. The number of hydrogen-bond donors (Lipinski definition) is 2. The van der Waals surface area contributed by atoms with Crippen LogP contribution in [0.4, 0.5) is 5.13 Å². The number of H-pyrrole nitrogens is 1. The summed E-state index contributed by atoms with van der Waals surface area (Å²) in [7, 11) is 0. The van der Waals surface area contributed by atoms with E-state index in [2.05, 4.69) is 38.7 Å². The van der Waals surface area contributed by atoms with Gasteiger partial charge in [-0.25, -0.2) is 0 Å². The second-order valence-corrected chi connectivity index (χ2v) is 3.96. The molecule has 0 amide bonds. The molecule has 0 aliphatic carbocycles. The Morgan fingerprint density at radius 2 is 2.36 bits per heavy atom. The first-order valence-electron chi connectivity index (χ1n) is 4.35. The SMILES string of the molecule is CC(C)Nc1nc(-c2cn[nH]c2)ns1. The molecule has 14 heavy (non-hydrogen) atoms. The fraction of sp³-hybridized carbons (Fsp3) is 0.375. The van der Waals surface area contributed by atoms with Crippen LogP contribution < -0.4 is 5.32 Å². The van der Waals surface area contributed by atoms with Gasteiger partial charge in [-0.15, -0.1) is 0 Å². The van der Waals surface area contributed by atoms with Gasteiger partial charge >= 0.3 is 0 Å². The zero-order chi connectivity index (χ0) is 9.97. The van der Waals surface area contributed by atoms with E-state index in [4.69, 9.17) is 0 Å². The van der Waals surface area contributed by atoms with Crippen LogP contribution in [0.5, 0.6) is 0 Å². The third-order valence-electron chi connectivity index (χ3n) is 1.59. The van der Waals surface area contributed by atoms with Gasteiger partial charge in [0.25, 0.3) is 0 Å². The van der Waals surface area contributed by atoms with E-state index in [9.17, 15) is 0 Å². The minimum Gasteiger partial charge on any atom is -0.358 e. The van der Waals surface area contributed by atoms with E-state index in [0.717, 1.165) is 10.7 Å². The predicted molar refractivity (Wildman–Crippen MR) is 56.2 cm³/mol. The van der Waals surface area contributed by atoms with Crippen LogP contribution in [0, 0.1) is 0 Å². The fourth-order valence-electron chi connectivity index (χ4n) is 1.02. The molecule has 2 rings (SSSR count). The summed E-state index contributed by atoms with van der Waals surface area (Å²) in [5.74, 6) is 0.715. The molecule has 0 aliphatic rings. The second-order valence-electron chi connectivity index (χ2n) is 3.21. The maximum atomic E-state index is 4.33. The second kappa shape index (κ2) is 3.75. The van der Waals surface area contributed by atoms with Gasteiger partial charge in [-0.2, -0.15) is 14.5 Å². The van der Waals surface area contributed by atoms with Crippen LogP contribution >= 0.6 is 11.5 Å². The topological polar surface area (TPSA) is 66.5 Å². The molecule has 2 heterocycles. The summed E-state index contributed by atoms with van der Waals surface area (Å²) in [6, 6.07) is 0.375. The highest BCUT2D eigenvalue weighted by molar-refractivity contribution is 7.09. The van der Waals surface area contributed by atoms with Crippen LogP contribution in [0.1, 0.15) is 13.8 Å². The van der Waals surface area contributed by atoms with Crippen molar-refractivity contribution < 1.29 is 0 Å². The first kappa shape index (κ1) is 9.14. The van der Waals surface area contributed by atoms with Crippen LogP contribution in [-0.4, -0.2) is 25.6 Å². The van der Waals surface area contributed by atoms with Crippen molar-refractivity contribution in [2.24, 2.45) is 0 Å². The number of anilines is 1. The van der Waals surface area contributed by atoms with Crippen LogP contribution in [-0.2, 0) is 0 Å². The molecule has 5 nitrogen and oxygen atoms in total. The largest absolute Gasteiger partial charge is 0.358 e. The molecule has 0 aromatic carbocycles. The van der Waals surface area contributed by atoms with E-state index in [1.54, 1.807) is 12.4 Å². The average Bonchev–Trinajstić information content (AvgIpc) is 2.69. The van der Waals surface area contributed by atoms with Gasteiger partial charge in [0.05, 0.1) is 11.8 Å². The van der Waals surface area contributed by atoms with Crippen molar-refractivity contribution in [3.8, 4) is 11.4 Å². The quantitative estimate of drug-likeness (QED) is 0.808. The maximum Gasteiger partial charge on any atom is 0.203 e. The summed E-state index contributed by atoms with van der Waals surface area (Å²) in [5.41, 5.74) is 0.915. The summed E-state index contributed by atoms with van der Waals surface area (Å²) in [6.07, 6.45) is 3.49. The number of nitrogens with zero attached hydrogens (tertiary/aromatic N) is 3. The van der Waals surface area contributed by atoms with E-state index in [-0.39, 0.29) is 0 Å². The lowest BCUT2D eigenvalue weighted by atomic mass is 10.3. The van der Waals surface area contributed by atoms with Crippen LogP contribution in [0.2, 0.25) is 0 Å². The van der Waals surface area contributed by atoms with Crippen LogP contribution in [0.3, 0.4) is 0 Å². The Morgan fingerprint density at radius 1 is 1.50 bits per heavy atom. The number of rotatable bonds is 3. The standard InChI is InChI=1S/C8H11N5S/c1-5(2)11-8-12-7(13-14-8)6-3-9-10-4-6/h3-5H,1-2H3,(H,9,10)(H,11,12,13). The molecule has 6 heteroatoms. The minimum atomic E-state index is 0.375. The Kier molecular flexibility index (Phi) is 2.45. The number of aromatic nitrogens is 4. The zero-order valence-corrected chi connectivity index (χ0v) is 8.80. The van der Waals surface area contributed by atoms with E-state index < -0.39 is 0 Å². The van der Waals surface area contributed by atoms with Gasteiger partial charge in [0, 0.05) is 23.8 Å². The smallest absolute Gasteiger partial charge is 0.203 e. The van der Waals surface area contributed by atoms with Gasteiger partial charge in [-0.3, -0.25) is 5.10 Å². The Bertz CT molecular complexity index is 392. The third-order valence-corrected chi connectivity index (χ3v) is 2.24. The van der Waals surface area contributed by atoms with Crippen molar-refractivity contribution in [2.75, 3.05) is 5.32 Å². The third kappa shape index (κ3) is 1.90. The summed E-state index contributed by atoms with van der Waals surface area (Å²) in [6.45, 7) is 4.14. The van der Waals surface area contributed by atoms with Crippen molar-refractivity contribution in [3.05, 3.63) is 12.4 Å². The monoisotopic (exact) mass is 209 g/mol. The van der Waals surface area contributed by atoms with Crippen molar-refractivity contribution in [1.82, 2.24) is 19.6 Å². The summed E-state index contributed by atoms with van der Waals surface area (Å²) in [4.78, 5) is 4.33. The van der Waals surface area contributed by atoms with Gasteiger partial charge in [0.2, 0.25) is 5.13 Å². The van der Waals surface area contributed by atoms with E-state index in [1.807, 2.05) is 0 Å². The molecule has 0 atom stereocenters. The Labute approximate surface area is 85.8 Å². The highest BCUT2D eigenvalue weighted by Crippen LogP contribution is 2.19. The molecular formula is C8H11N5S. The lowest BCUT2D eigenvalue weighted by Crippen LogP contribution is -2.08. The molecule has 0 fully saturated rings. The number of nitrogens with one attached hydrogen (secondary N) is 2. The van der Waals surface area contributed by atoms with E-state index >= 15 is 0 Å². The lowest BCUT2D eigenvalue weighted by molar-refractivity contribution is 0.896. The molecule has 0 aliphatic heterocycles. The molecule has 0 saturated heterocycles. The average molecular weight is 209 g/mol. The highest BCUT2D eigenvalue weighted by atomic mass is 32.1. The van der Waals surface area contributed by atoms with Crippen molar-refractivity contribution >= 4 is 16.7 Å². The van der Waals surface area contributed by atoms with Gasteiger partial charge in [0.15, 0.2) is 5.82 Å². The van der Waals surface area contributed by atoms with Crippen molar-refractivity contribution in [1.29, 1.82) is 0 Å². The lowest BCUT2D eigenvalue weighted by Gasteiger charge is -2.03. The van der Waals surface area contributed by atoms with Gasteiger partial charge in [-0.05, 0) is 13.8 Å². The normalized spacial score (nSPS) is 10.8. The summed E-state index contributed by atoms with van der Waals surface area (Å²) >= 11 is 1.36. The minimum absolute atomic E-state index is 0.375. The van der Waals surface area contributed by atoms with Crippen molar-refractivity contribution in [3.63, 3.8) is 0 Å². The van der Waals surface area contributed by atoms with Gasteiger partial charge in [-0.1, -0.05) is 0 Å². The number of hydrogen-bond acceptors (Lipinski definition) is 5. The van der Waals surface area contributed by atoms with E-state index in [0.29, 0.717) is 11.9 Å². The molecule has 0 radical (unpaired) electrons. The molecule has 74 valence electrons.